The summed E-state index contributed by atoms with van der Waals surface area (Å²) in [6, 6.07) is 19.3. The first-order chi connectivity index (χ1) is 11.8. The minimum absolute atomic E-state index is 0.308. The van der Waals surface area contributed by atoms with Crippen molar-refractivity contribution >= 4 is 23.5 Å². The van der Waals surface area contributed by atoms with Gasteiger partial charge in [0.15, 0.2) is 0 Å². The van der Waals surface area contributed by atoms with Crippen LogP contribution in [-0.2, 0) is 0 Å². The zero-order valence-corrected chi connectivity index (χ0v) is 14.2. The number of benzene rings is 2. The minimum Gasteiger partial charge on any atom is -0.333 e. The Morgan fingerprint density at radius 1 is 0.958 bits per heavy atom. The van der Waals surface area contributed by atoms with E-state index in [4.69, 9.17) is 0 Å². The van der Waals surface area contributed by atoms with Crippen LogP contribution < -0.4 is 4.90 Å². The second kappa shape index (κ2) is 6.58. The zero-order chi connectivity index (χ0) is 16.4. The molecule has 0 saturated carbocycles. The molecule has 0 spiro atoms. The van der Waals surface area contributed by atoms with Crippen LogP contribution >= 0.6 is 11.8 Å². The number of allylic oxidation sites excluding steroid dienone is 3. The monoisotopic (exact) mass is 329 g/mol. The molecule has 2 unspecified atom stereocenters. The third-order valence-corrected chi connectivity index (χ3v) is 5.63. The molecule has 2 heteroatoms. The molecule has 2 aromatic carbocycles. The Kier molecular flexibility index (Phi) is 4.14. The van der Waals surface area contributed by atoms with Gasteiger partial charge in [-0.25, -0.2) is 0 Å². The molecule has 24 heavy (non-hydrogen) atoms. The number of hydrogen-bond donors (Lipinski definition) is 0. The van der Waals surface area contributed by atoms with Crippen molar-refractivity contribution in [2.45, 2.75) is 16.2 Å². The van der Waals surface area contributed by atoms with Crippen LogP contribution in [0.2, 0.25) is 0 Å². The molecule has 0 bridgehead atoms. The zero-order valence-electron chi connectivity index (χ0n) is 13.4. The Morgan fingerprint density at radius 2 is 1.71 bits per heavy atom. The van der Waals surface area contributed by atoms with Gasteiger partial charge in [0.1, 0.15) is 0 Å². The molecule has 0 aromatic heterocycles. The van der Waals surface area contributed by atoms with Gasteiger partial charge in [0, 0.05) is 10.6 Å². The molecule has 2 aromatic rings. The largest absolute Gasteiger partial charge is 0.333 e. The number of thioether (sulfide) groups is 1. The van der Waals surface area contributed by atoms with Crippen LogP contribution in [0.5, 0.6) is 0 Å². The van der Waals surface area contributed by atoms with Gasteiger partial charge in [0.2, 0.25) is 0 Å². The molecule has 1 nitrogen and oxygen atoms in total. The lowest BCUT2D eigenvalue weighted by atomic mass is 10.0. The fourth-order valence-electron chi connectivity index (χ4n) is 3.16. The quantitative estimate of drug-likeness (QED) is 0.666. The summed E-state index contributed by atoms with van der Waals surface area (Å²) in [5.74, 6) is 0. The summed E-state index contributed by atoms with van der Waals surface area (Å²) in [4.78, 5) is 3.67. The van der Waals surface area contributed by atoms with Crippen LogP contribution in [0.4, 0.5) is 5.69 Å². The van der Waals surface area contributed by atoms with Crippen molar-refractivity contribution in [2.75, 3.05) is 4.90 Å². The Labute approximate surface area is 147 Å². The van der Waals surface area contributed by atoms with Gasteiger partial charge in [-0.05, 0) is 23.8 Å². The van der Waals surface area contributed by atoms with Crippen LogP contribution in [0.3, 0.4) is 0 Å². The molecule has 4 rings (SSSR count). The molecule has 0 N–H and O–H groups in total. The molecule has 0 saturated heterocycles. The van der Waals surface area contributed by atoms with E-state index in [1.165, 1.54) is 16.1 Å². The van der Waals surface area contributed by atoms with Crippen LogP contribution in [0.15, 0.2) is 102 Å². The van der Waals surface area contributed by atoms with Crippen molar-refractivity contribution in [1.29, 1.82) is 0 Å². The predicted molar refractivity (Wildman–Crippen MR) is 105 cm³/mol. The van der Waals surface area contributed by atoms with E-state index < -0.39 is 0 Å². The lowest BCUT2D eigenvalue weighted by Gasteiger charge is -2.42. The first-order valence-electron chi connectivity index (χ1n) is 8.15. The lowest BCUT2D eigenvalue weighted by Crippen LogP contribution is -2.42. The number of anilines is 1. The number of fused-ring (bicyclic) bond motifs is 2. The SMILES string of the molecule is C=C(/C=C\c1ccccc1)N1c2ccccc2SC2C=CC=CC21. The second-order valence-electron chi connectivity index (χ2n) is 5.92. The van der Waals surface area contributed by atoms with Gasteiger partial charge in [0.25, 0.3) is 0 Å². The van der Waals surface area contributed by atoms with Crippen molar-refractivity contribution in [3.63, 3.8) is 0 Å². The van der Waals surface area contributed by atoms with E-state index in [-0.39, 0.29) is 0 Å². The summed E-state index contributed by atoms with van der Waals surface area (Å²) in [5, 5.41) is 0.423. The van der Waals surface area contributed by atoms with Crippen molar-refractivity contribution < 1.29 is 0 Å². The van der Waals surface area contributed by atoms with Gasteiger partial charge in [-0.2, -0.15) is 0 Å². The molecule has 1 aliphatic carbocycles. The molecule has 0 fully saturated rings. The highest BCUT2D eigenvalue weighted by Crippen LogP contribution is 2.45. The van der Waals surface area contributed by atoms with Crippen molar-refractivity contribution in [1.82, 2.24) is 0 Å². The van der Waals surface area contributed by atoms with Crippen molar-refractivity contribution in [2.24, 2.45) is 0 Å². The number of hydrogen-bond acceptors (Lipinski definition) is 2. The van der Waals surface area contributed by atoms with Gasteiger partial charge in [-0.15, -0.1) is 11.8 Å². The third-order valence-electron chi connectivity index (χ3n) is 4.32. The van der Waals surface area contributed by atoms with Gasteiger partial charge in [-0.1, -0.05) is 79.4 Å². The Morgan fingerprint density at radius 3 is 2.58 bits per heavy atom. The van der Waals surface area contributed by atoms with Crippen molar-refractivity contribution in [3.05, 3.63) is 103 Å². The van der Waals surface area contributed by atoms with Crippen LogP contribution in [-0.4, -0.2) is 11.3 Å². The Hall–Kier alpha value is -2.45. The first-order valence-corrected chi connectivity index (χ1v) is 9.03. The van der Waals surface area contributed by atoms with E-state index in [0.717, 1.165) is 5.70 Å². The molecular formula is C22H19NS. The smallest absolute Gasteiger partial charge is 0.0682 e. The summed E-state index contributed by atoms with van der Waals surface area (Å²) in [6.45, 7) is 4.36. The van der Waals surface area contributed by atoms with E-state index in [2.05, 4.69) is 96.5 Å². The topological polar surface area (TPSA) is 3.24 Å². The molecule has 0 amide bonds. The lowest BCUT2D eigenvalue weighted by molar-refractivity contribution is 0.757. The van der Waals surface area contributed by atoms with E-state index in [1.54, 1.807) is 0 Å². The fraction of sp³-hybridized carbons (Fsp3) is 0.0909. The summed E-state index contributed by atoms with van der Waals surface area (Å²) >= 11 is 1.93. The van der Waals surface area contributed by atoms with Gasteiger partial charge in [0.05, 0.1) is 17.0 Å². The van der Waals surface area contributed by atoms with Gasteiger partial charge in [-0.3, -0.25) is 0 Å². The standard InChI is InChI=1S/C22H19NS/c1-17(15-16-18-9-3-2-4-10-18)23-19-11-5-7-13-21(19)24-22-14-8-6-12-20(22)23/h2-16,19,21H,1H2/b16-15-. The Balaban J connectivity index is 1.69. The fourth-order valence-corrected chi connectivity index (χ4v) is 4.42. The number of para-hydroxylation sites is 1. The molecule has 2 atom stereocenters. The maximum absolute atomic E-state index is 4.36. The first kappa shape index (κ1) is 15.1. The third kappa shape index (κ3) is 2.85. The molecular weight excluding hydrogens is 310 g/mol. The highest BCUT2D eigenvalue weighted by Gasteiger charge is 2.33. The van der Waals surface area contributed by atoms with E-state index in [9.17, 15) is 0 Å². The molecule has 0 radical (unpaired) electrons. The normalized spacial score (nSPS) is 21.6. The van der Waals surface area contributed by atoms with E-state index in [1.807, 2.05) is 17.8 Å². The average Bonchev–Trinajstić information content (AvgIpc) is 2.65. The highest BCUT2D eigenvalue weighted by molar-refractivity contribution is 8.00. The maximum atomic E-state index is 4.36. The molecule has 1 heterocycles. The summed E-state index contributed by atoms with van der Waals surface area (Å²) < 4.78 is 0. The summed E-state index contributed by atoms with van der Waals surface area (Å²) in [7, 11) is 0. The van der Waals surface area contributed by atoms with Crippen LogP contribution in [0, 0.1) is 0 Å². The molecule has 1 aliphatic heterocycles. The van der Waals surface area contributed by atoms with Crippen LogP contribution in [0.1, 0.15) is 5.56 Å². The number of rotatable bonds is 3. The van der Waals surface area contributed by atoms with Crippen molar-refractivity contribution in [3.8, 4) is 0 Å². The predicted octanol–water partition coefficient (Wildman–Crippen LogP) is 5.69. The molecule has 118 valence electrons. The minimum atomic E-state index is 0.308. The Bertz CT molecular complexity index is 832. The average molecular weight is 329 g/mol. The summed E-state index contributed by atoms with van der Waals surface area (Å²) in [5.41, 5.74) is 3.45. The van der Waals surface area contributed by atoms with E-state index in [0.29, 0.717) is 11.3 Å². The second-order valence-corrected chi connectivity index (χ2v) is 7.14. The number of nitrogens with zero attached hydrogens (tertiary/aromatic N) is 1. The molecule has 2 aliphatic rings. The maximum Gasteiger partial charge on any atom is 0.0682 e. The van der Waals surface area contributed by atoms with Gasteiger partial charge < -0.3 is 4.90 Å². The van der Waals surface area contributed by atoms with E-state index >= 15 is 0 Å². The summed E-state index contributed by atoms with van der Waals surface area (Å²) in [6.07, 6.45) is 13.1. The van der Waals surface area contributed by atoms with Crippen LogP contribution in [0.25, 0.3) is 6.08 Å². The highest BCUT2D eigenvalue weighted by atomic mass is 32.2. The van der Waals surface area contributed by atoms with Gasteiger partial charge >= 0.3 is 0 Å².